The van der Waals surface area contributed by atoms with Crippen LogP contribution in [0, 0.1) is 19.8 Å². The number of aryl methyl sites for hydroxylation is 2. The molecule has 0 aromatic carbocycles. The number of nitrogens with one attached hydrogen (secondary N) is 1. The number of carbonyl (C=O) groups excluding carboxylic acids is 1. The summed E-state index contributed by atoms with van der Waals surface area (Å²) < 4.78 is 7.13. The zero-order chi connectivity index (χ0) is 18.5. The first-order valence-electron chi connectivity index (χ1n) is 8.82. The van der Waals surface area contributed by atoms with Gasteiger partial charge in [0, 0.05) is 19.2 Å². The fraction of sp³-hybridized carbons (Fsp3) is 0.588. The van der Waals surface area contributed by atoms with E-state index < -0.39 is 0 Å². The van der Waals surface area contributed by atoms with Gasteiger partial charge in [-0.15, -0.1) is 0 Å². The highest BCUT2D eigenvalue weighted by molar-refractivity contribution is 5.78. The van der Waals surface area contributed by atoms with Crippen LogP contribution in [0.3, 0.4) is 0 Å². The van der Waals surface area contributed by atoms with E-state index in [4.69, 9.17) is 4.74 Å². The van der Waals surface area contributed by atoms with Crippen molar-refractivity contribution in [2.75, 3.05) is 31.2 Å². The predicted octanol–water partition coefficient (Wildman–Crippen LogP) is 0.474. The molecule has 0 aliphatic carbocycles. The van der Waals surface area contributed by atoms with Gasteiger partial charge in [0.05, 0.1) is 37.9 Å². The Morgan fingerprint density at radius 2 is 2.08 bits per heavy atom. The zero-order valence-electron chi connectivity index (χ0n) is 15.5. The van der Waals surface area contributed by atoms with Crippen LogP contribution < -0.4 is 10.2 Å². The van der Waals surface area contributed by atoms with E-state index in [1.165, 1.54) is 6.33 Å². The Labute approximate surface area is 152 Å². The van der Waals surface area contributed by atoms with Crippen LogP contribution in [0.25, 0.3) is 0 Å². The standard InChI is InChI=1S/C17H25N7O2/c1-12(10-24-14(3)21-13(2)22-24)17(25)18-9-15-8-16(20-11-19-15)23-4-6-26-7-5-23/h8,11-12H,4-7,9-10H2,1-3H3,(H,18,25). The second-order valence-corrected chi connectivity index (χ2v) is 6.47. The molecule has 1 aliphatic rings. The zero-order valence-corrected chi connectivity index (χ0v) is 15.5. The first-order chi connectivity index (χ1) is 12.5. The Morgan fingerprint density at radius 1 is 1.31 bits per heavy atom. The molecule has 1 N–H and O–H groups in total. The van der Waals surface area contributed by atoms with Gasteiger partial charge in [0.25, 0.3) is 0 Å². The van der Waals surface area contributed by atoms with E-state index in [0.717, 1.165) is 30.4 Å². The highest BCUT2D eigenvalue weighted by Crippen LogP contribution is 2.13. The van der Waals surface area contributed by atoms with Crippen molar-refractivity contribution in [1.29, 1.82) is 0 Å². The summed E-state index contributed by atoms with van der Waals surface area (Å²) in [4.78, 5) is 27.4. The van der Waals surface area contributed by atoms with Crippen LogP contribution in [0.15, 0.2) is 12.4 Å². The van der Waals surface area contributed by atoms with E-state index in [-0.39, 0.29) is 11.8 Å². The molecular weight excluding hydrogens is 334 g/mol. The fourth-order valence-corrected chi connectivity index (χ4v) is 2.88. The van der Waals surface area contributed by atoms with Crippen LogP contribution in [0.2, 0.25) is 0 Å². The van der Waals surface area contributed by atoms with Crippen LogP contribution >= 0.6 is 0 Å². The molecule has 1 unspecified atom stereocenters. The van der Waals surface area contributed by atoms with E-state index in [2.05, 4.69) is 30.3 Å². The minimum Gasteiger partial charge on any atom is -0.378 e. The van der Waals surface area contributed by atoms with Crippen LogP contribution in [0.1, 0.15) is 24.3 Å². The number of carbonyl (C=O) groups is 1. The van der Waals surface area contributed by atoms with Crippen molar-refractivity contribution >= 4 is 11.7 Å². The maximum atomic E-state index is 12.4. The summed E-state index contributed by atoms with van der Waals surface area (Å²) in [5.41, 5.74) is 0.787. The smallest absolute Gasteiger partial charge is 0.225 e. The van der Waals surface area contributed by atoms with E-state index >= 15 is 0 Å². The second kappa shape index (κ2) is 8.22. The third-order valence-corrected chi connectivity index (χ3v) is 4.35. The van der Waals surface area contributed by atoms with Crippen molar-refractivity contribution in [3.8, 4) is 0 Å². The first-order valence-corrected chi connectivity index (χ1v) is 8.82. The highest BCUT2D eigenvalue weighted by Gasteiger charge is 2.17. The van der Waals surface area contributed by atoms with Gasteiger partial charge in [0.15, 0.2) is 0 Å². The fourth-order valence-electron chi connectivity index (χ4n) is 2.88. The molecule has 3 rings (SSSR count). The summed E-state index contributed by atoms with van der Waals surface area (Å²) >= 11 is 0. The van der Waals surface area contributed by atoms with Crippen LogP contribution in [0.5, 0.6) is 0 Å². The number of nitrogens with zero attached hydrogens (tertiary/aromatic N) is 6. The SMILES string of the molecule is Cc1nc(C)n(CC(C)C(=O)NCc2cc(N3CCOCC3)ncn2)n1. The van der Waals surface area contributed by atoms with E-state index in [9.17, 15) is 4.79 Å². The number of ether oxygens (including phenoxy) is 1. The largest absolute Gasteiger partial charge is 0.378 e. The van der Waals surface area contributed by atoms with Gasteiger partial charge >= 0.3 is 0 Å². The Balaban J connectivity index is 1.54. The molecule has 2 aromatic rings. The van der Waals surface area contributed by atoms with E-state index in [0.29, 0.717) is 32.1 Å². The molecule has 140 valence electrons. The normalized spacial score (nSPS) is 15.7. The Kier molecular flexibility index (Phi) is 5.77. The lowest BCUT2D eigenvalue weighted by molar-refractivity contribution is -0.125. The third kappa shape index (κ3) is 4.54. The number of hydrogen-bond donors (Lipinski definition) is 1. The summed E-state index contributed by atoms with van der Waals surface area (Å²) in [6.45, 7) is 9.52. The maximum Gasteiger partial charge on any atom is 0.225 e. The molecule has 2 aromatic heterocycles. The molecule has 0 bridgehead atoms. The summed E-state index contributed by atoms with van der Waals surface area (Å²) in [7, 11) is 0. The molecule has 1 fully saturated rings. The van der Waals surface area contributed by atoms with Gasteiger partial charge in [-0.05, 0) is 13.8 Å². The van der Waals surface area contributed by atoms with Gasteiger partial charge in [-0.2, -0.15) is 5.10 Å². The molecule has 1 saturated heterocycles. The quantitative estimate of drug-likeness (QED) is 0.801. The van der Waals surface area contributed by atoms with Crippen molar-refractivity contribution < 1.29 is 9.53 Å². The lowest BCUT2D eigenvalue weighted by Gasteiger charge is -2.27. The maximum absolute atomic E-state index is 12.4. The van der Waals surface area contributed by atoms with Crippen molar-refractivity contribution in [2.45, 2.75) is 33.9 Å². The third-order valence-electron chi connectivity index (χ3n) is 4.35. The first kappa shape index (κ1) is 18.2. The Hall–Kier alpha value is -2.55. The van der Waals surface area contributed by atoms with Gasteiger partial charge in [-0.3, -0.25) is 4.79 Å². The number of amides is 1. The number of rotatable bonds is 6. The minimum atomic E-state index is -0.213. The molecule has 0 spiro atoms. The van der Waals surface area contributed by atoms with Crippen molar-refractivity contribution in [3.63, 3.8) is 0 Å². The molecule has 1 atom stereocenters. The lowest BCUT2D eigenvalue weighted by atomic mass is 10.1. The van der Waals surface area contributed by atoms with Gasteiger partial charge in [0.1, 0.15) is 23.8 Å². The molecule has 0 saturated carbocycles. The molecule has 26 heavy (non-hydrogen) atoms. The van der Waals surface area contributed by atoms with Gasteiger partial charge < -0.3 is 15.0 Å². The van der Waals surface area contributed by atoms with Crippen LogP contribution in [-0.2, 0) is 22.6 Å². The van der Waals surface area contributed by atoms with Crippen molar-refractivity contribution in [2.24, 2.45) is 5.92 Å². The van der Waals surface area contributed by atoms with E-state index in [1.54, 1.807) is 4.68 Å². The summed E-state index contributed by atoms with van der Waals surface area (Å²) in [5, 5.41) is 7.24. The Morgan fingerprint density at radius 3 is 2.77 bits per heavy atom. The predicted molar refractivity (Wildman–Crippen MR) is 95.6 cm³/mol. The molecule has 3 heterocycles. The monoisotopic (exact) mass is 359 g/mol. The topological polar surface area (TPSA) is 98.1 Å². The summed E-state index contributed by atoms with van der Waals surface area (Å²) in [6, 6.07) is 1.92. The second-order valence-electron chi connectivity index (χ2n) is 6.47. The molecule has 1 aliphatic heterocycles. The average molecular weight is 359 g/mol. The molecule has 0 radical (unpaired) electrons. The van der Waals surface area contributed by atoms with Crippen LogP contribution in [-0.4, -0.2) is 56.9 Å². The summed E-state index contributed by atoms with van der Waals surface area (Å²) in [5.74, 6) is 2.15. The van der Waals surface area contributed by atoms with E-state index in [1.807, 2.05) is 26.8 Å². The van der Waals surface area contributed by atoms with Crippen molar-refractivity contribution in [3.05, 3.63) is 29.7 Å². The molecular formula is C17H25N7O2. The number of aromatic nitrogens is 5. The molecule has 1 amide bonds. The van der Waals surface area contributed by atoms with Crippen molar-refractivity contribution in [1.82, 2.24) is 30.0 Å². The van der Waals surface area contributed by atoms with Gasteiger partial charge in [-0.25, -0.2) is 19.6 Å². The average Bonchev–Trinajstić information content (AvgIpc) is 2.97. The summed E-state index contributed by atoms with van der Waals surface area (Å²) in [6.07, 6.45) is 1.54. The number of hydrogen-bond acceptors (Lipinski definition) is 7. The van der Waals surface area contributed by atoms with Gasteiger partial charge in [0.2, 0.25) is 5.91 Å². The van der Waals surface area contributed by atoms with Gasteiger partial charge in [-0.1, -0.05) is 6.92 Å². The Bertz CT molecular complexity index is 755. The number of morpholine rings is 1. The minimum absolute atomic E-state index is 0.0379. The molecule has 9 nitrogen and oxygen atoms in total. The van der Waals surface area contributed by atoms with Crippen LogP contribution in [0.4, 0.5) is 5.82 Å². The number of anilines is 1. The lowest BCUT2D eigenvalue weighted by Crippen LogP contribution is -2.37. The highest BCUT2D eigenvalue weighted by atomic mass is 16.5. The molecule has 9 heteroatoms.